The number of ketones is 2. The first-order chi connectivity index (χ1) is 19.8. The molecule has 2 N–H and O–H groups in total. The van der Waals surface area contributed by atoms with E-state index in [1.807, 2.05) is 12.1 Å². The van der Waals surface area contributed by atoms with Gasteiger partial charge in [-0.15, -0.1) is 0 Å². The molecule has 0 radical (unpaired) electrons. The fourth-order valence-corrected chi connectivity index (χ4v) is 6.46. The molecule has 0 bridgehead atoms. The molecular formula is C29H38IN4O6P. The van der Waals surface area contributed by atoms with Crippen LogP contribution in [0.3, 0.4) is 0 Å². The number of carbonyl (C=O) groups is 2. The lowest BCUT2D eigenvalue weighted by Crippen LogP contribution is -2.33. The monoisotopic (exact) mass is 696 g/mol. The number of hydrogen-bond acceptors (Lipinski definition) is 10. The maximum absolute atomic E-state index is 13.6. The Balaban J connectivity index is 1.72. The maximum atomic E-state index is 13.6. The number of nitrogens with zero attached hydrogens (tertiary/aromatic N) is 2. The Morgan fingerprint density at radius 1 is 0.854 bits per heavy atom. The van der Waals surface area contributed by atoms with Gasteiger partial charge in [0, 0.05) is 47.7 Å². The van der Waals surface area contributed by atoms with Crippen LogP contribution in [-0.4, -0.2) is 61.2 Å². The van der Waals surface area contributed by atoms with Crippen molar-refractivity contribution in [2.45, 2.75) is 59.0 Å². The van der Waals surface area contributed by atoms with E-state index in [4.69, 9.17) is 19.2 Å². The van der Waals surface area contributed by atoms with Crippen molar-refractivity contribution >= 4 is 54.5 Å². The molecule has 2 aromatic rings. The Bertz CT molecular complexity index is 1210. The molecule has 0 amide bonds. The van der Waals surface area contributed by atoms with Gasteiger partial charge in [0.25, 0.3) is 8.53 Å². The molecule has 1 aliphatic rings. The van der Waals surface area contributed by atoms with Crippen molar-refractivity contribution < 1.29 is 26.7 Å². The van der Waals surface area contributed by atoms with E-state index in [1.165, 1.54) is 0 Å². The molecule has 0 saturated heterocycles. The van der Waals surface area contributed by atoms with Crippen molar-refractivity contribution in [3.63, 3.8) is 0 Å². The van der Waals surface area contributed by atoms with E-state index in [1.54, 1.807) is 47.3 Å². The van der Waals surface area contributed by atoms with E-state index in [0.29, 0.717) is 85.8 Å². The van der Waals surface area contributed by atoms with Crippen LogP contribution in [0.25, 0.3) is 0 Å². The SMILES string of the molecule is CC(C)N(C(C)C)P(OCCC#N)OCCCNc1ccc(NCCCOOI)c2c1C(=O)c1ccccc1C2=O. The highest BCUT2D eigenvalue weighted by molar-refractivity contribution is 14.1. The van der Waals surface area contributed by atoms with Gasteiger partial charge in [-0.2, -0.15) is 8.48 Å². The molecule has 222 valence electrons. The Morgan fingerprint density at radius 2 is 1.37 bits per heavy atom. The van der Waals surface area contributed by atoms with Gasteiger partial charge in [-0.25, -0.2) is 9.56 Å². The number of nitriles is 1. The summed E-state index contributed by atoms with van der Waals surface area (Å²) in [6.07, 6.45) is 1.61. The summed E-state index contributed by atoms with van der Waals surface area (Å²) in [6.45, 7) is 10.6. The van der Waals surface area contributed by atoms with Crippen molar-refractivity contribution in [2.75, 3.05) is 43.5 Å². The van der Waals surface area contributed by atoms with E-state index < -0.39 is 8.53 Å². The number of rotatable bonds is 18. The molecule has 1 atom stereocenters. The predicted molar refractivity (Wildman–Crippen MR) is 168 cm³/mol. The summed E-state index contributed by atoms with van der Waals surface area (Å²) in [6, 6.07) is 13.1. The lowest BCUT2D eigenvalue weighted by atomic mass is 9.82. The Kier molecular flexibility index (Phi) is 13.9. The second-order valence-electron chi connectivity index (χ2n) is 9.94. The third-order valence-corrected chi connectivity index (χ3v) is 8.70. The highest BCUT2D eigenvalue weighted by Crippen LogP contribution is 2.46. The van der Waals surface area contributed by atoms with Crippen LogP contribution >= 0.6 is 31.5 Å². The fraction of sp³-hybridized carbons (Fsp3) is 0.483. The summed E-state index contributed by atoms with van der Waals surface area (Å²) in [7, 11) is -1.32. The van der Waals surface area contributed by atoms with Crippen molar-refractivity contribution in [1.29, 1.82) is 5.26 Å². The number of carbonyl (C=O) groups excluding carboxylic acids is 2. The van der Waals surface area contributed by atoms with Gasteiger partial charge >= 0.3 is 0 Å². The molecule has 0 fully saturated rings. The molecule has 0 aliphatic heterocycles. The second-order valence-corrected chi connectivity index (χ2v) is 11.8. The summed E-state index contributed by atoms with van der Waals surface area (Å²) in [4.78, 5) is 32.1. The molecule has 0 heterocycles. The third-order valence-electron chi connectivity index (χ3n) is 6.34. The number of benzene rings is 2. The quantitative estimate of drug-likeness (QED) is 0.0491. The smallest absolute Gasteiger partial charge is 0.259 e. The zero-order chi connectivity index (χ0) is 29.8. The Labute approximate surface area is 257 Å². The largest absolute Gasteiger partial charge is 0.384 e. The van der Waals surface area contributed by atoms with Gasteiger partial charge in [-0.3, -0.25) is 9.59 Å². The summed E-state index contributed by atoms with van der Waals surface area (Å²) in [5.41, 5.74) is 2.78. The van der Waals surface area contributed by atoms with E-state index in [2.05, 4.69) is 52.3 Å². The van der Waals surface area contributed by atoms with Gasteiger partial charge in [0.05, 0.1) is 43.4 Å². The molecule has 41 heavy (non-hydrogen) atoms. The van der Waals surface area contributed by atoms with Gasteiger partial charge in [0.1, 0.15) is 0 Å². The standard InChI is InChI=1S/C29H38IN4O6P/c1-20(2)34(21(3)4)41(38-18-7-14-31)39-19-9-16-33-25-13-12-24(32-15-8-17-37-40-30)26-27(25)29(36)23-11-6-5-10-22(23)28(26)35/h5-6,10-13,20-21,32-33H,7-9,15-19H2,1-4H3. The molecule has 12 heteroatoms. The number of hydrogen-bond donors (Lipinski definition) is 2. The summed E-state index contributed by atoms with van der Waals surface area (Å²) in [5, 5.41) is 15.6. The zero-order valence-corrected chi connectivity index (χ0v) is 27.0. The lowest BCUT2D eigenvalue weighted by molar-refractivity contribution is -0.165. The number of nitrogens with one attached hydrogen (secondary N) is 2. The first kappa shape index (κ1) is 33.3. The summed E-state index contributed by atoms with van der Waals surface area (Å²) in [5.74, 6) is -0.364. The van der Waals surface area contributed by atoms with Gasteiger partial charge in [-0.1, -0.05) is 24.3 Å². The molecule has 0 spiro atoms. The van der Waals surface area contributed by atoms with Crippen molar-refractivity contribution in [1.82, 2.24) is 4.67 Å². The van der Waals surface area contributed by atoms with Crippen molar-refractivity contribution in [3.05, 3.63) is 58.7 Å². The fourth-order valence-electron chi connectivity index (χ4n) is 4.65. The Morgan fingerprint density at radius 3 is 1.85 bits per heavy atom. The van der Waals surface area contributed by atoms with Gasteiger partial charge in [-0.05, 0) is 52.7 Å². The lowest BCUT2D eigenvalue weighted by Gasteiger charge is -2.35. The first-order valence-corrected chi connectivity index (χ1v) is 15.8. The minimum Gasteiger partial charge on any atom is -0.384 e. The van der Waals surface area contributed by atoms with Crippen LogP contribution in [0.4, 0.5) is 11.4 Å². The first-order valence-electron chi connectivity index (χ1n) is 13.8. The minimum absolute atomic E-state index is 0.181. The summed E-state index contributed by atoms with van der Waals surface area (Å²) < 4.78 is 18.9. The van der Waals surface area contributed by atoms with E-state index in [0.717, 1.165) is 0 Å². The van der Waals surface area contributed by atoms with Crippen molar-refractivity contribution in [3.8, 4) is 6.07 Å². The van der Waals surface area contributed by atoms with Gasteiger partial charge in [0.2, 0.25) is 0 Å². The molecular weight excluding hydrogens is 658 g/mol. The molecule has 1 aliphatic carbocycles. The van der Waals surface area contributed by atoms with Gasteiger partial charge < -0.3 is 19.7 Å². The number of halogens is 1. The molecule has 0 aromatic heterocycles. The number of anilines is 2. The minimum atomic E-state index is -1.32. The maximum Gasteiger partial charge on any atom is 0.259 e. The molecule has 1 unspecified atom stereocenters. The average Bonchev–Trinajstić information content (AvgIpc) is 2.95. The van der Waals surface area contributed by atoms with E-state index in [-0.39, 0.29) is 23.7 Å². The molecule has 10 nitrogen and oxygen atoms in total. The average molecular weight is 697 g/mol. The van der Waals surface area contributed by atoms with Gasteiger partial charge in [0.15, 0.2) is 34.6 Å². The van der Waals surface area contributed by atoms with Crippen LogP contribution in [0.5, 0.6) is 0 Å². The highest BCUT2D eigenvalue weighted by Gasteiger charge is 2.34. The zero-order valence-electron chi connectivity index (χ0n) is 23.9. The number of fused-ring (bicyclic) bond motifs is 2. The van der Waals surface area contributed by atoms with E-state index >= 15 is 0 Å². The summed E-state index contributed by atoms with van der Waals surface area (Å²) >= 11 is 1.66. The van der Waals surface area contributed by atoms with E-state index in [9.17, 15) is 9.59 Å². The normalized spacial score (nSPS) is 13.3. The topological polar surface area (TPSA) is 122 Å². The highest BCUT2D eigenvalue weighted by atomic mass is 127. The second kappa shape index (κ2) is 17.1. The van der Waals surface area contributed by atoms with Crippen LogP contribution in [0.15, 0.2) is 36.4 Å². The van der Waals surface area contributed by atoms with Crippen LogP contribution < -0.4 is 10.6 Å². The van der Waals surface area contributed by atoms with Crippen LogP contribution in [0, 0.1) is 11.3 Å². The molecule has 0 saturated carbocycles. The third kappa shape index (κ3) is 8.91. The molecule has 3 rings (SSSR count). The predicted octanol–water partition coefficient (Wildman–Crippen LogP) is 6.66. The Hall–Kier alpha value is -2.17. The van der Waals surface area contributed by atoms with Crippen LogP contribution in [-0.2, 0) is 17.2 Å². The van der Waals surface area contributed by atoms with Crippen LogP contribution in [0.1, 0.15) is 78.8 Å². The molecule has 2 aromatic carbocycles. The van der Waals surface area contributed by atoms with Crippen LogP contribution in [0.2, 0.25) is 0 Å². The van der Waals surface area contributed by atoms with Crippen molar-refractivity contribution in [2.24, 2.45) is 0 Å².